The second-order valence-electron chi connectivity index (χ2n) is 6.93. The lowest BCUT2D eigenvalue weighted by Gasteiger charge is -2.32. The van der Waals surface area contributed by atoms with Gasteiger partial charge in [-0.3, -0.25) is 0 Å². The summed E-state index contributed by atoms with van der Waals surface area (Å²) in [6.45, 7) is 8.95. The van der Waals surface area contributed by atoms with Gasteiger partial charge in [-0.25, -0.2) is 9.59 Å². The van der Waals surface area contributed by atoms with E-state index in [9.17, 15) is 9.59 Å². The molecule has 0 radical (unpaired) electrons. The van der Waals surface area contributed by atoms with E-state index < -0.39 is 23.2 Å². The number of carbonyl (C=O) groups excluding carboxylic acids is 2. The van der Waals surface area contributed by atoms with Crippen molar-refractivity contribution in [3.63, 3.8) is 0 Å². The maximum atomic E-state index is 12.5. The van der Waals surface area contributed by atoms with Gasteiger partial charge in [0.2, 0.25) is 0 Å². The van der Waals surface area contributed by atoms with Crippen molar-refractivity contribution in [2.24, 2.45) is 0 Å². The monoisotopic (exact) mass is 445 g/mol. The number of rotatable bonds is 7. The second kappa shape index (κ2) is 9.42. The minimum absolute atomic E-state index is 0.201. The molecule has 0 fully saturated rings. The number of hydrogen-bond donors (Lipinski definition) is 1. The summed E-state index contributed by atoms with van der Waals surface area (Å²) in [5.74, 6) is -0.559. The van der Waals surface area contributed by atoms with Crippen LogP contribution in [-0.4, -0.2) is 30.3 Å². The van der Waals surface area contributed by atoms with Crippen LogP contribution in [-0.2, 0) is 20.7 Å². The first kappa shape index (κ1) is 22.5. The topological polar surface area (TPSA) is 64.6 Å². The number of ether oxygens (including phenoxy) is 2. The summed E-state index contributed by atoms with van der Waals surface area (Å²) in [6.07, 6.45) is 1.83. The molecular formula is C19H25BrClNO4. The molecule has 1 N–H and O–H groups in total. The van der Waals surface area contributed by atoms with E-state index in [1.165, 1.54) is 7.11 Å². The Balaban J connectivity index is 3.07. The number of esters is 1. The fraction of sp³-hybridized carbons (Fsp3) is 0.474. The summed E-state index contributed by atoms with van der Waals surface area (Å²) >= 11 is 9.62. The van der Waals surface area contributed by atoms with Crippen molar-refractivity contribution in [2.75, 3.05) is 7.11 Å². The van der Waals surface area contributed by atoms with Crippen molar-refractivity contribution in [1.82, 2.24) is 5.32 Å². The molecule has 0 bridgehead atoms. The van der Waals surface area contributed by atoms with Crippen LogP contribution in [0.4, 0.5) is 4.79 Å². The van der Waals surface area contributed by atoms with Crippen molar-refractivity contribution in [1.29, 1.82) is 0 Å². The molecule has 1 amide bonds. The molecule has 0 aliphatic carbocycles. The van der Waals surface area contributed by atoms with Gasteiger partial charge in [-0.15, -0.1) is 6.58 Å². The van der Waals surface area contributed by atoms with Crippen LogP contribution in [0.2, 0.25) is 5.02 Å². The summed E-state index contributed by atoms with van der Waals surface area (Å²) in [5, 5.41) is 3.26. The van der Waals surface area contributed by atoms with Gasteiger partial charge in [0.15, 0.2) is 0 Å². The largest absolute Gasteiger partial charge is 0.467 e. The lowest BCUT2D eigenvalue weighted by Crippen LogP contribution is -2.56. The standard InChI is InChI=1S/C19H25BrClNO4/c1-6-10-19(16(23)25-5,22-17(24)26-18(2,3)4)11-9-13-7-8-14(20)12-15(13)21/h6-8,12H,1,9-11H2,2-5H3,(H,22,24)/t19-/m0/s1. The number of amides is 1. The molecule has 0 aromatic heterocycles. The van der Waals surface area contributed by atoms with Crippen LogP contribution in [0.5, 0.6) is 0 Å². The molecule has 0 unspecified atom stereocenters. The van der Waals surface area contributed by atoms with Crippen LogP contribution in [0.1, 0.15) is 39.2 Å². The molecule has 0 spiro atoms. The Morgan fingerprint density at radius 1 is 1.35 bits per heavy atom. The van der Waals surface area contributed by atoms with Gasteiger partial charge in [-0.05, 0) is 57.7 Å². The summed E-state index contributed by atoms with van der Waals surface area (Å²) in [4.78, 5) is 24.8. The number of alkyl carbamates (subject to hydrolysis) is 1. The fourth-order valence-electron chi connectivity index (χ4n) is 2.47. The molecule has 5 nitrogen and oxygen atoms in total. The highest BCUT2D eigenvalue weighted by Gasteiger charge is 2.41. The lowest BCUT2D eigenvalue weighted by atomic mass is 9.88. The third-order valence-electron chi connectivity index (χ3n) is 3.65. The Bertz CT molecular complexity index is 672. The molecule has 1 rings (SSSR count). The van der Waals surface area contributed by atoms with Crippen LogP contribution in [0, 0.1) is 0 Å². The third kappa shape index (κ3) is 6.65. The fourth-order valence-corrected chi connectivity index (χ4v) is 3.23. The average molecular weight is 447 g/mol. The van der Waals surface area contributed by atoms with E-state index >= 15 is 0 Å². The zero-order chi connectivity index (χ0) is 20.0. The van der Waals surface area contributed by atoms with Crippen molar-refractivity contribution in [3.05, 3.63) is 45.9 Å². The van der Waals surface area contributed by atoms with Crippen LogP contribution in [0.3, 0.4) is 0 Å². The van der Waals surface area contributed by atoms with Crippen molar-refractivity contribution < 1.29 is 19.1 Å². The van der Waals surface area contributed by atoms with Gasteiger partial charge in [0.25, 0.3) is 0 Å². The lowest BCUT2D eigenvalue weighted by molar-refractivity contribution is -0.148. The van der Waals surface area contributed by atoms with Gasteiger partial charge in [0, 0.05) is 9.50 Å². The van der Waals surface area contributed by atoms with E-state index in [0.717, 1.165) is 10.0 Å². The number of halogens is 2. The predicted octanol–water partition coefficient (Wildman–Crippen LogP) is 5.05. The first-order valence-electron chi connectivity index (χ1n) is 8.17. The summed E-state index contributed by atoms with van der Waals surface area (Å²) in [5.41, 5.74) is -1.11. The number of methoxy groups -OCH3 is 1. The number of hydrogen-bond acceptors (Lipinski definition) is 4. The van der Waals surface area contributed by atoms with Gasteiger partial charge in [0.05, 0.1) is 7.11 Å². The van der Waals surface area contributed by atoms with Crippen molar-refractivity contribution in [3.8, 4) is 0 Å². The predicted molar refractivity (Wildman–Crippen MR) is 106 cm³/mol. The minimum atomic E-state index is -1.28. The molecule has 1 atom stereocenters. The normalized spacial score (nSPS) is 13.5. The van der Waals surface area contributed by atoms with Crippen LogP contribution < -0.4 is 5.32 Å². The quantitative estimate of drug-likeness (QED) is 0.470. The van der Waals surface area contributed by atoms with Gasteiger partial charge >= 0.3 is 12.1 Å². The highest BCUT2D eigenvalue weighted by atomic mass is 79.9. The van der Waals surface area contributed by atoms with Gasteiger partial charge in [-0.1, -0.05) is 39.7 Å². The second-order valence-corrected chi connectivity index (χ2v) is 8.25. The highest BCUT2D eigenvalue weighted by molar-refractivity contribution is 9.10. The molecule has 0 heterocycles. The van der Waals surface area contributed by atoms with E-state index in [1.807, 2.05) is 12.1 Å². The van der Waals surface area contributed by atoms with Gasteiger partial charge in [-0.2, -0.15) is 0 Å². The highest BCUT2D eigenvalue weighted by Crippen LogP contribution is 2.27. The minimum Gasteiger partial charge on any atom is -0.467 e. The average Bonchev–Trinajstić information content (AvgIpc) is 2.51. The molecule has 0 saturated heterocycles. The molecule has 1 aromatic carbocycles. The van der Waals surface area contributed by atoms with Crippen molar-refractivity contribution in [2.45, 2.75) is 51.2 Å². The van der Waals surface area contributed by atoms with Gasteiger partial charge < -0.3 is 14.8 Å². The van der Waals surface area contributed by atoms with Gasteiger partial charge in [0.1, 0.15) is 11.1 Å². The van der Waals surface area contributed by atoms with E-state index in [1.54, 1.807) is 32.9 Å². The maximum absolute atomic E-state index is 12.5. The van der Waals surface area contributed by atoms with E-state index in [0.29, 0.717) is 11.4 Å². The molecule has 26 heavy (non-hydrogen) atoms. The Hall–Kier alpha value is -1.53. The molecule has 1 aromatic rings. The van der Waals surface area contributed by atoms with Crippen LogP contribution in [0.25, 0.3) is 0 Å². The van der Waals surface area contributed by atoms with E-state index in [2.05, 4.69) is 27.8 Å². The molecule has 144 valence electrons. The number of nitrogens with one attached hydrogen (secondary N) is 1. The number of benzene rings is 1. The first-order valence-corrected chi connectivity index (χ1v) is 9.34. The molecule has 0 saturated carbocycles. The van der Waals surface area contributed by atoms with Crippen LogP contribution in [0.15, 0.2) is 35.3 Å². The molecular weight excluding hydrogens is 422 g/mol. The Morgan fingerprint density at radius 2 is 2.00 bits per heavy atom. The summed E-state index contributed by atoms with van der Waals surface area (Å²) in [6, 6.07) is 5.52. The van der Waals surface area contributed by atoms with Crippen molar-refractivity contribution >= 4 is 39.6 Å². The van der Waals surface area contributed by atoms with E-state index in [-0.39, 0.29) is 12.8 Å². The zero-order valence-corrected chi connectivity index (χ0v) is 17.9. The van der Waals surface area contributed by atoms with E-state index in [4.69, 9.17) is 21.1 Å². The Labute approximate surface area is 168 Å². The zero-order valence-electron chi connectivity index (χ0n) is 15.5. The Morgan fingerprint density at radius 3 is 2.50 bits per heavy atom. The van der Waals surface area contributed by atoms with Crippen LogP contribution >= 0.6 is 27.5 Å². The number of carbonyl (C=O) groups is 2. The molecule has 0 aliphatic rings. The Kier molecular flexibility index (Phi) is 8.15. The first-order chi connectivity index (χ1) is 12.0. The molecule has 7 heteroatoms. The third-order valence-corrected chi connectivity index (χ3v) is 4.49. The number of aryl methyl sites for hydroxylation is 1. The SMILES string of the molecule is C=CC[C@@](CCc1ccc(Br)cc1Cl)(NC(=O)OC(C)(C)C)C(=O)OC. The molecule has 0 aliphatic heterocycles. The smallest absolute Gasteiger partial charge is 0.408 e. The summed E-state index contributed by atoms with van der Waals surface area (Å²) in [7, 11) is 1.28. The maximum Gasteiger partial charge on any atom is 0.408 e. The summed E-state index contributed by atoms with van der Waals surface area (Å²) < 4.78 is 11.1.